The van der Waals surface area contributed by atoms with Crippen molar-refractivity contribution in [2.45, 2.75) is 12.2 Å². The summed E-state index contributed by atoms with van der Waals surface area (Å²) in [6.45, 7) is 0. The zero-order valence-corrected chi connectivity index (χ0v) is 8.70. The summed E-state index contributed by atoms with van der Waals surface area (Å²) < 4.78 is 0. The first-order valence-electron chi connectivity index (χ1n) is 5.17. The maximum absolute atomic E-state index is 10.9. The van der Waals surface area contributed by atoms with Gasteiger partial charge in [-0.15, -0.1) is 0 Å². The number of nitro groups is 1. The van der Waals surface area contributed by atoms with E-state index in [1.807, 2.05) is 0 Å². The molecule has 2 aromatic rings. The second-order valence-electron chi connectivity index (χ2n) is 4.09. The number of benzene rings is 2. The molecule has 0 spiro atoms. The van der Waals surface area contributed by atoms with Crippen LogP contribution < -0.4 is 0 Å². The molecule has 2 N–H and O–H groups in total. The molecule has 0 saturated carbocycles. The largest absolute Gasteiger partial charge is 0.385 e. The average molecular weight is 231 g/mol. The van der Waals surface area contributed by atoms with Gasteiger partial charge < -0.3 is 10.2 Å². The molecule has 0 aromatic heterocycles. The monoisotopic (exact) mass is 231 g/mol. The molecule has 0 fully saturated rings. The Balaban J connectivity index is 2.46. The van der Waals surface area contributed by atoms with Crippen LogP contribution in [0.4, 0.5) is 5.69 Å². The van der Waals surface area contributed by atoms with Crippen molar-refractivity contribution in [1.82, 2.24) is 0 Å². The molecule has 0 saturated heterocycles. The van der Waals surface area contributed by atoms with Crippen LogP contribution in [0, 0.1) is 10.1 Å². The lowest BCUT2D eigenvalue weighted by molar-refractivity contribution is -0.383. The summed E-state index contributed by atoms with van der Waals surface area (Å²) in [6, 6.07) is 7.82. The van der Waals surface area contributed by atoms with E-state index in [1.165, 1.54) is 12.1 Å². The van der Waals surface area contributed by atoms with E-state index >= 15 is 0 Å². The van der Waals surface area contributed by atoms with E-state index in [0.717, 1.165) is 0 Å². The third kappa shape index (κ3) is 1.20. The zero-order valence-electron chi connectivity index (χ0n) is 8.70. The Labute approximate surface area is 96.1 Å². The van der Waals surface area contributed by atoms with Crippen molar-refractivity contribution >= 4 is 16.5 Å². The standard InChI is InChI=1S/C12H9NO4/c14-11-7-3-1-2-6-9(13(16)17)5-4-8(10(6)7)12(11)15/h1-5,11-12,14-15H/t11-,12+/m0/s1. The lowest BCUT2D eigenvalue weighted by atomic mass is 10.0. The molecule has 0 bridgehead atoms. The van der Waals surface area contributed by atoms with Gasteiger partial charge in [-0.1, -0.05) is 12.1 Å². The van der Waals surface area contributed by atoms with E-state index in [-0.39, 0.29) is 5.69 Å². The topological polar surface area (TPSA) is 83.6 Å². The number of nitro benzene ring substituents is 1. The molecule has 0 unspecified atom stereocenters. The Bertz CT molecular complexity index is 623. The van der Waals surface area contributed by atoms with Gasteiger partial charge in [-0.25, -0.2) is 0 Å². The summed E-state index contributed by atoms with van der Waals surface area (Å²) in [5, 5.41) is 31.6. The van der Waals surface area contributed by atoms with Crippen molar-refractivity contribution in [2.24, 2.45) is 0 Å². The van der Waals surface area contributed by atoms with Gasteiger partial charge in [-0.3, -0.25) is 10.1 Å². The third-order valence-electron chi connectivity index (χ3n) is 3.22. The Morgan fingerprint density at radius 3 is 2.35 bits per heavy atom. The van der Waals surface area contributed by atoms with Gasteiger partial charge >= 0.3 is 0 Å². The Morgan fingerprint density at radius 1 is 1.06 bits per heavy atom. The molecule has 1 aliphatic rings. The highest BCUT2D eigenvalue weighted by Crippen LogP contribution is 2.45. The van der Waals surface area contributed by atoms with Crippen LogP contribution in [-0.4, -0.2) is 15.1 Å². The van der Waals surface area contributed by atoms with Crippen molar-refractivity contribution in [3.63, 3.8) is 0 Å². The van der Waals surface area contributed by atoms with Crippen molar-refractivity contribution < 1.29 is 15.1 Å². The highest BCUT2D eigenvalue weighted by atomic mass is 16.6. The minimum atomic E-state index is -1.00. The van der Waals surface area contributed by atoms with Crippen molar-refractivity contribution in [2.75, 3.05) is 0 Å². The number of aliphatic hydroxyl groups is 2. The van der Waals surface area contributed by atoms with E-state index in [0.29, 0.717) is 21.9 Å². The third-order valence-corrected chi connectivity index (χ3v) is 3.22. The van der Waals surface area contributed by atoms with Gasteiger partial charge in [0.25, 0.3) is 5.69 Å². The molecule has 2 atom stereocenters. The summed E-state index contributed by atoms with van der Waals surface area (Å²) in [5.41, 5.74) is 1.09. The fourth-order valence-electron chi connectivity index (χ4n) is 2.44. The molecule has 1 aliphatic carbocycles. The van der Waals surface area contributed by atoms with Gasteiger partial charge in [0.2, 0.25) is 0 Å². The quantitative estimate of drug-likeness (QED) is 0.579. The van der Waals surface area contributed by atoms with Crippen LogP contribution >= 0.6 is 0 Å². The Hall–Kier alpha value is -1.98. The first-order valence-corrected chi connectivity index (χ1v) is 5.17. The van der Waals surface area contributed by atoms with E-state index in [1.54, 1.807) is 18.2 Å². The molecule has 17 heavy (non-hydrogen) atoms. The second-order valence-corrected chi connectivity index (χ2v) is 4.09. The number of non-ortho nitro benzene ring substituents is 1. The predicted molar refractivity (Wildman–Crippen MR) is 60.5 cm³/mol. The highest BCUT2D eigenvalue weighted by Gasteiger charge is 2.33. The SMILES string of the molecule is O=[N+]([O-])c1ccc2c3c(cccc13)[C@H](O)[C@@H]2O. The molecule has 5 heteroatoms. The van der Waals surface area contributed by atoms with Crippen molar-refractivity contribution in [1.29, 1.82) is 0 Å². The second kappa shape index (κ2) is 3.26. The van der Waals surface area contributed by atoms with Crippen LogP contribution in [0.1, 0.15) is 23.3 Å². The summed E-state index contributed by atoms with van der Waals surface area (Å²) in [4.78, 5) is 10.4. The summed E-state index contributed by atoms with van der Waals surface area (Å²) >= 11 is 0. The highest BCUT2D eigenvalue weighted by molar-refractivity contribution is 5.97. The first-order chi connectivity index (χ1) is 8.11. The van der Waals surface area contributed by atoms with Gasteiger partial charge in [-0.05, 0) is 23.3 Å². The Kier molecular flexibility index (Phi) is 1.95. The van der Waals surface area contributed by atoms with Gasteiger partial charge in [0.05, 0.1) is 10.3 Å². The van der Waals surface area contributed by atoms with Crippen LogP contribution in [0.3, 0.4) is 0 Å². The van der Waals surface area contributed by atoms with Crippen molar-refractivity contribution in [3.05, 3.63) is 51.6 Å². The van der Waals surface area contributed by atoms with Crippen LogP contribution in [0.15, 0.2) is 30.3 Å². The molecule has 0 radical (unpaired) electrons. The predicted octanol–water partition coefficient (Wildman–Crippen LogP) is 1.83. The fraction of sp³-hybridized carbons (Fsp3) is 0.167. The Morgan fingerprint density at radius 2 is 1.71 bits per heavy atom. The zero-order chi connectivity index (χ0) is 12.2. The average Bonchev–Trinajstić information content (AvgIpc) is 2.57. The van der Waals surface area contributed by atoms with Crippen LogP contribution in [0.25, 0.3) is 10.8 Å². The minimum Gasteiger partial charge on any atom is -0.385 e. The minimum absolute atomic E-state index is 0.00750. The van der Waals surface area contributed by atoms with Crippen LogP contribution in [-0.2, 0) is 0 Å². The molecular formula is C12H9NO4. The molecule has 0 aliphatic heterocycles. The summed E-state index contributed by atoms with van der Waals surface area (Å²) in [6.07, 6.45) is -2.01. The van der Waals surface area contributed by atoms with Crippen LogP contribution in [0.2, 0.25) is 0 Å². The lowest BCUT2D eigenvalue weighted by Crippen LogP contribution is -2.02. The molecule has 5 nitrogen and oxygen atoms in total. The number of nitrogens with zero attached hydrogens (tertiary/aromatic N) is 1. The summed E-state index contributed by atoms with van der Waals surface area (Å²) in [5.74, 6) is 0. The van der Waals surface area contributed by atoms with Crippen molar-refractivity contribution in [3.8, 4) is 0 Å². The summed E-state index contributed by atoms with van der Waals surface area (Å²) in [7, 11) is 0. The lowest BCUT2D eigenvalue weighted by Gasteiger charge is -2.08. The van der Waals surface area contributed by atoms with Gasteiger partial charge in [-0.2, -0.15) is 0 Å². The number of hydrogen-bond acceptors (Lipinski definition) is 4. The number of hydrogen-bond donors (Lipinski definition) is 2. The molecular weight excluding hydrogens is 222 g/mol. The number of aliphatic hydroxyl groups excluding tert-OH is 2. The van der Waals surface area contributed by atoms with E-state index < -0.39 is 17.1 Å². The molecule has 86 valence electrons. The van der Waals surface area contributed by atoms with E-state index in [9.17, 15) is 20.3 Å². The van der Waals surface area contributed by atoms with Gasteiger partial charge in [0.15, 0.2) is 0 Å². The fourth-order valence-corrected chi connectivity index (χ4v) is 2.44. The van der Waals surface area contributed by atoms with E-state index in [2.05, 4.69) is 0 Å². The normalized spacial score (nSPS) is 22.0. The maximum atomic E-state index is 10.9. The van der Waals surface area contributed by atoms with Gasteiger partial charge in [0.1, 0.15) is 12.2 Å². The first kappa shape index (κ1) is 10.2. The smallest absolute Gasteiger partial charge is 0.277 e. The number of rotatable bonds is 1. The van der Waals surface area contributed by atoms with E-state index in [4.69, 9.17) is 0 Å². The maximum Gasteiger partial charge on any atom is 0.277 e. The molecule has 3 rings (SSSR count). The van der Waals surface area contributed by atoms with Crippen LogP contribution in [0.5, 0.6) is 0 Å². The molecule has 0 heterocycles. The molecule has 0 amide bonds. The van der Waals surface area contributed by atoms with Gasteiger partial charge in [0, 0.05) is 11.5 Å². The molecule has 2 aromatic carbocycles.